The Bertz CT molecular complexity index is 650. The quantitative estimate of drug-likeness (QED) is 0.604. The first-order valence-corrected chi connectivity index (χ1v) is 9.17. The normalized spacial score (nSPS) is 18.1. The second-order valence-electron chi connectivity index (χ2n) is 7.82. The molecule has 0 radical (unpaired) electrons. The van der Waals surface area contributed by atoms with Crippen LogP contribution in [0.2, 0.25) is 0 Å². The van der Waals surface area contributed by atoms with E-state index in [0.29, 0.717) is 6.54 Å². The largest absolute Gasteiger partial charge is 0.497 e. The molecule has 6 heteroatoms. The number of nitrogens with zero attached hydrogens (tertiary/aromatic N) is 2. The highest BCUT2D eigenvalue weighted by molar-refractivity contribution is 5.86. The van der Waals surface area contributed by atoms with Crippen molar-refractivity contribution in [2.24, 2.45) is 10.4 Å². The van der Waals surface area contributed by atoms with Gasteiger partial charge in [0.1, 0.15) is 12.3 Å². The van der Waals surface area contributed by atoms with Crippen molar-refractivity contribution in [3.05, 3.63) is 29.8 Å². The van der Waals surface area contributed by atoms with Crippen LogP contribution >= 0.6 is 0 Å². The molecule has 0 aromatic heterocycles. The number of aliphatic imine (C=N–C) groups is 1. The van der Waals surface area contributed by atoms with Gasteiger partial charge >= 0.3 is 0 Å². The minimum atomic E-state index is -0.0891. The van der Waals surface area contributed by atoms with Gasteiger partial charge in [0.25, 0.3) is 0 Å². The van der Waals surface area contributed by atoms with Crippen LogP contribution in [-0.2, 0) is 11.3 Å². The van der Waals surface area contributed by atoms with Gasteiger partial charge in [-0.1, -0.05) is 26.0 Å². The minimum absolute atomic E-state index is 0.00751. The van der Waals surface area contributed by atoms with Gasteiger partial charge in [-0.15, -0.1) is 0 Å². The van der Waals surface area contributed by atoms with Crippen LogP contribution in [0.25, 0.3) is 0 Å². The highest BCUT2D eigenvalue weighted by Gasteiger charge is 2.53. The molecule has 1 aliphatic rings. The van der Waals surface area contributed by atoms with Crippen molar-refractivity contribution in [3.8, 4) is 5.75 Å². The molecule has 1 amide bonds. The van der Waals surface area contributed by atoms with Crippen LogP contribution in [-0.4, -0.2) is 49.0 Å². The summed E-state index contributed by atoms with van der Waals surface area (Å²) in [6.45, 7) is 13.3. The molecule has 0 bridgehead atoms. The molecule has 1 aliphatic heterocycles. The van der Waals surface area contributed by atoms with E-state index in [-0.39, 0.29) is 23.4 Å². The van der Waals surface area contributed by atoms with E-state index < -0.39 is 0 Å². The maximum Gasteiger partial charge on any atom is 0.242 e. The van der Waals surface area contributed by atoms with E-state index in [1.54, 1.807) is 7.11 Å². The molecule has 26 heavy (non-hydrogen) atoms. The van der Waals surface area contributed by atoms with Crippen LogP contribution < -0.4 is 15.4 Å². The van der Waals surface area contributed by atoms with E-state index in [9.17, 15) is 4.79 Å². The molecule has 0 unspecified atom stereocenters. The first-order valence-electron chi connectivity index (χ1n) is 9.17. The SMILES string of the molecule is CCNC(=NCC(=O)NCc1ccc(OC)cc1)N1CC(C)(C)C1(C)C. The Morgan fingerprint density at radius 2 is 1.85 bits per heavy atom. The van der Waals surface area contributed by atoms with Gasteiger partial charge in [-0.25, -0.2) is 4.99 Å². The Labute approximate surface area is 157 Å². The predicted molar refractivity (Wildman–Crippen MR) is 105 cm³/mol. The lowest BCUT2D eigenvalue weighted by molar-refractivity contribution is -0.119. The summed E-state index contributed by atoms with van der Waals surface area (Å²) in [6, 6.07) is 7.65. The van der Waals surface area contributed by atoms with Gasteiger partial charge < -0.3 is 20.3 Å². The third-order valence-electron chi connectivity index (χ3n) is 5.50. The van der Waals surface area contributed by atoms with Crippen molar-refractivity contribution in [2.45, 2.75) is 46.7 Å². The summed E-state index contributed by atoms with van der Waals surface area (Å²) in [5.41, 5.74) is 1.26. The average Bonchev–Trinajstić information content (AvgIpc) is 2.62. The lowest BCUT2D eigenvalue weighted by Crippen LogP contribution is -2.72. The molecule has 144 valence electrons. The number of nitrogens with one attached hydrogen (secondary N) is 2. The summed E-state index contributed by atoms with van der Waals surface area (Å²) in [7, 11) is 1.64. The Kier molecular flexibility index (Phi) is 6.16. The number of carbonyl (C=O) groups is 1. The Morgan fingerprint density at radius 1 is 1.19 bits per heavy atom. The summed E-state index contributed by atoms with van der Waals surface area (Å²) in [5, 5.41) is 6.21. The molecule has 1 fully saturated rings. The number of methoxy groups -OCH3 is 1. The Hall–Kier alpha value is -2.24. The second kappa shape index (κ2) is 7.98. The fraction of sp³-hybridized carbons (Fsp3) is 0.600. The zero-order chi connectivity index (χ0) is 19.4. The molecule has 0 atom stereocenters. The van der Waals surface area contributed by atoms with Gasteiger partial charge in [-0.2, -0.15) is 0 Å². The van der Waals surface area contributed by atoms with Crippen LogP contribution in [0.5, 0.6) is 5.75 Å². The highest BCUT2D eigenvalue weighted by Crippen LogP contribution is 2.46. The number of guanidine groups is 1. The van der Waals surface area contributed by atoms with E-state index in [2.05, 4.69) is 48.2 Å². The van der Waals surface area contributed by atoms with Crippen LogP contribution in [0.4, 0.5) is 0 Å². The van der Waals surface area contributed by atoms with Crippen molar-refractivity contribution in [2.75, 3.05) is 26.7 Å². The summed E-state index contributed by atoms with van der Waals surface area (Å²) in [4.78, 5) is 19.0. The van der Waals surface area contributed by atoms with Gasteiger partial charge in [-0.3, -0.25) is 4.79 Å². The van der Waals surface area contributed by atoms with Crippen molar-refractivity contribution in [1.29, 1.82) is 0 Å². The maximum absolute atomic E-state index is 12.2. The first-order chi connectivity index (χ1) is 12.2. The second-order valence-corrected chi connectivity index (χ2v) is 7.82. The zero-order valence-corrected chi connectivity index (χ0v) is 16.8. The number of rotatable bonds is 6. The van der Waals surface area contributed by atoms with Crippen LogP contribution in [0, 0.1) is 5.41 Å². The van der Waals surface area contributed by atoms with Crippen molar-refractivity contribution >= 4 is 11.9 Å². The van der Waals surface area contributed by atoms with Crippen molar-refractivity contribution in [1.82, 2.24) is 15.5 Å². The topological polar surface area (TPSA) is 66.0 Å². The van der Waals surface area contributed by atoms with Crippen LogP contribution in [0.15, 0.2) is 29.3 Å². The molecule has 1 aromatic carbocycles. The monoisotopic (exact) mass is 360 g/mol. The molecule has 6 nitrogen and oxygen atoms in total. The first kappa shape index (κ1) is 20.1. The molecule has 1 aromatic rings. The smallest absolute Gasteiger partial charge is 0.242 e. The van der Waals surface area contributed by atoms with E-state index in [1.165, 1.54) is 0 Å². The van der Waals surface area contributed by atoms with E-state index in [4.69, 9.17) is 4.74 Å². The van der Waals surface area contributed by atoms with Gasteiger partial charge in [0.05, 0.1) is 7.11 Å². The van der Waals surface area contributed by atoms with E-state index in [1.807, 2.05) is 31.2 Å². The molecule has 0 saturated carbocycles. The lowest BCUT2D eigenvalue weighted by atomic mass is 9.65. The molecular formula is C20H32N4O2. The molecule has 1 heterocycles. The standard InChI is InChI=1S/C20H32N4O2/c1-7-21-18(24-14-19(2,3)20(24,4)5)23-13-17(25)22-12-15-8-10-16(26-6)11-9-15/h8-11H,7,12-14H2,1-6H3,(H,21,23)(H,22,25). The predicted octanol–water partition coefficient (Wildman–Crippen LogP) is 2.40. The summed E-state index contributed by atoms with van der Waals surface area (Å²) >= 11 is 0. The fourth-order valence-electron chi connectivity index (χ4n) is 2.94. The fourth-order valence-corrected chi connectivity index (χ4v) is 2.94. The Balaban J connectivity index is 1.91. The van der Waals surface area contributed by atoms with E-state index >= 15 is 0 Å². The van der Waals surface area contributed by atoms with Gasteiger partial charge in [0, 0.05) is 30.6 Å². The van der Waals surface area contributed by atoms with Crippen molar-refractivity contribution < 1.29 is 9.53 Å². The maximum atomic E-state index is 12.2. The number of benzene rings is 1. The summed E-state index contributed by atoms with van der Waals surface area (Å²) < 4.78 is 5.14. The molecular weight excluding hydrogens is 328 g/mol. The highest BCUT2D eigenvalue weighted by atomic mass is 16.5. The number of hydrogen-bond acceptors (Lipinski definition) is 3. The van der Waals surface area contributed by atoms with Gasteiger partial charge in [0.15, 0.2) is 5.96 Å². The van der Waals surface area contributed by atoms with Gasteiger partial charge in [0.2, 0.25) is 5.91 Å². The number of likely N-dealkylation sites (tertiary alicyclic amines) is 1. The third-order valence-corrected chi connectivity index (χ3v) is 5.50. The number of amides is 1. The molecule has 0 spiro atoms. The van der Waals surface area contributed by atoms with Crippen LogP contribution in [0.3, 0.4) is 0 Å². The number of ether oxygens (including phenoxy) is 1. The molecule has 2 rings (SSSR count). The Morgan fingerprint density at radius 3 is 2.35 bits per heavy atom. The average molecular weight is 361 g/mol. The number of carbonyl (C=O) groups excluding carboxylic acids is 1. The minimum Gasteiger partial charge on any atom is -0.497 e. The zero-order valence-electron chi connectivity index (χ0n) is 16.8. The van der Waals surface area contributed by atoms with E-state index in [0.717, 1.165) is 30.4 Å². The van der Waals surface area contributed by atoms with Gasteiger partial charge in [-0.05, 0) is 38.5 Å². The molecule has 1 saturated heterocycles. The number of hydrogen-bond donors (Lipinski definition) is 2. The molecule has 0 aliphatic carbocycles. The summed E-state index contributed by atoms with van der Waals surface area (Å²) in [5.74, 6) is 1.52. The summed E-state index contributed by atoms with van der Waals surface area (Å²) in [6.07, 6.45) is 0. The third kappa shape index (κ3) is 4.29. The van der Waals surface area contributed by atoms with Crippen molar-refractivity contribution in [3.63, 3.8) is 0 Å². The van der Waals surface area contributed by atoms with Crippen LogP contribution in [0.1, 0.15) is 40.2 Å². The molecule has 2 N–H and O–H groups in total. The lowest BCUT2D eigenvalue weighted by Gasteiger charge is -2.62.